The third-order valence-corrected chi connectivity index (χ3v) is 4.15. The van der Waals surface area contributed by atoms with Crippen molar-refractivity contribution in [3.8, 4) is 11.3 Å². The number of anilines is 2. The van der Waals surface area contributed by atoms with Crippen LogP contribution in [0.15, 0.2) is 46.9 Å². The van der Waals surface area contributed by atoms with E-state index < -0.39 is 0 Å². The number of benzene rings is 2. The summed E-state index contributed by atoms with van der Waals surface area (Å²) in [5, 5.41) is 10.6. The van der Waals surface area contributed by atoms with Crippen molar-refractivity contribution in [3.05, 3.63) is 63.9 Å². The summed E-state index contributed by atoms with van der Waals surface area (Å²) in [6.45, 7) is 0. The average Bonchev–Trinajstić information content (AvgIpc) is 2.98. The van der Waals surface area contributed by atoms with Crippen molar-refractivity contribution in [2.45, 2.75) is 6.42 Å². The molecule has 1 aromatic heterocycles. The van der Waals surface area contributed by atoms with E-state index >= 15 is 0 Å². The first-order valence-electron chi connectivity index (χ1n) is 6.59. The van der Waals surface area contributed by atoms with E-state index in [1.165, 1.54) is 23.3 Å². The first-order chi connectivity index (χ1) is 10.2. The van der Waals surface area contributed by atoms with Crippen molar-refractivity contribution in [2.24, 2.45) is 0 Å². The first-order valence-corrected chi connectivity index (χ1v) is 7.38. The molecule has 0 atom stereocenters. The van der Waals surface area contributed by atoms with Crippen LogP contribution in [0.25, 0.3) is 11.3 Å². The van der Waals surface area contributed by atoms with Crippen molar-refractivity contribution in [2.75, 3.05) is 5.32 Å². The van der Waals surface area contributed by atoms with Gasteiger partial charge in [0.2, 0.25) is 0 Å². The summed E-state index contributed by atoms with van der Waals surface area (Å²) in [6, 6.07) is 12.6. The van der Waals surface area contributed by atoms with E-state index in [4.69, 9.17) is 0 Å². The summed E-state index contributed by atoms with van der Waals surface area (Å²) in [4.78, 5) is 0. The molecule has 0 unspecified atom stereocenters. The Bertz CT molecular complexity index is 841. The molecule has 2 aromatic carbocycles. The highest BCUT2D eigenvalue weighted by Crippen LogP contribution is 2.40. The van der Waals surface area contributed by atoms with Crippen molar-refractivity contribution >= 4 is 27.4 Å². The predicted molar refractivity (Wildman–Crippen MR) is 84.2 cm³/mol. The van der Waals surface area contributed by atoms with Crippen LogP contribution < -0.4 is 5.32 Å². The zero-order chi connectivity index (χ0) is 14.4. The molecule has 3 nitrogen and oxygen atoms in total. The molecular weight excluding hydrogens is 333 g/mol. The van der Waals surface area contributed by atoms with Gasteiger partial charge in [-0.1, -0.05) is 28.1 Å². The molecule has 1 aliphatic carbocycles. The van der Waals surface area contributed by atoms with Crippen LogP contribution in [-0.2, 0) is 6.42 Å². The minimum Gasteiger partial charge on any atom is -0.338 e. The lowest BCUT2D eigenvalue weighted by molar-refractivity contribution is 0.628. The van der Waals surface area contributed by atoms with Gasteiger partial charge in [0, 0.05) is 27.7 Å². The number of aromatic nitrogens is 2. The lowest BCUT2D eigenvalue weighted by Crippen LogP contribution is -1.95. The molecule has 0 fully saturated rings. The molecule has 21 heavy (non-hydrogen) atoms. The zero-order valence-corrected chi connectivity index (χ0v) is 12.5. The van der Waals surface area contributed by atoms with E-state index in [-0.39, 0.29) is 5.82 Å². The maximum atomic E-state index is 13.3. The monoisotopic (exact) mass is 343 g/mol. The van der Waals surface area contributed by atoms with Gasteiger partial charge in [0.25, 0.3) is 0 Å². The molecule has 0 bridgehead atoms. The molecule has 0 amide bonds. The van der Waals surface area contributed by atoms with Crippen LogP contribution in [-0.4, -0.2) is 10.2 Å². The standard InChI is InChI=1S/C16H11BrFN3/c17-10-4-5-13-9(6-10)7-14-15(13)20-21-16(14)19-12-3-1-2-11(18)8-12/h1-6,8H,7H2,(H2,19,20,21). The lowest BCUT2D eigenvalue weighted by Gasteiger charge is -2.04. The molecule has 0 radical (unpaired) electrons. The Morgan fingerprint density at radius 3 is 2.95 bits per heavy atom. The van der Waals surface area contributed by atoms with E-state index in [1.54, 1.807) is 6.07 Å². The highest BCUT2D eigenvalue weighted by Gasteiger charge is 2.24. The number of rotatable bonds is 2. The van der Waals surface area contributed by atoms with Gasteiger partial charge in [0.05, 0.1) is 5.69 Å². The van der Waals surface area contributed by atoms with E-state index in [9.17, 15) is 4.39 Å². The molecule has 1 heterocycles. The predicted octanol–water partition coefficient (Wildman–Crippen LogP) is 4.63. The molecule has 4 rings (SSSR count). The second kappa shape index (κ2) is 4.70. The van der Waals surface area contributed by atoms with Gasteiger partial charge >= 0.3 is 0 Å². The molecule has 3 aromatic rings. The number of nitrogens with zero attached hydrogens (tertiary/aromatic N) is 1. The van der Waals surface area contributed by atoms with Gasteiger partial charge < -0.3 is 5.32 Å². The maximum absolute atomic E-state index is 13.3. The zero-order valence-electron chi connectivity index (χ0n) is 11.0. The number of aromatic amines is 1. The Morgan fingerprint density at radius 2 is 2.10 bits per heavy atom. The van der Waals surface area contributed by atoms with Crippen molar-refractivity contribution in [3.63, 3.8) is 0 Å². The van der Waals surface area contributed by atoms with E-state index in [0.717, 1.165) is 28.0 Å². The number of fused-ring (bicyclic) bond motifs is 3. The summed E-state index contributed by atoms with van der Waals surface area (Å²) in [7, 11) is 0. The van der Waals surface area contributed by atoms with E-state index in [1.807, 2.05) is 12.1 Å². The molecule has 0 saturated carbocycles. The topological polar surface area (TPSA) is 40.7 Å². The van der Waals surface area contributed by atoms with Crippen LogP contribution in [0.3, 0.4) is 0 Å². The third-order valence-electron chi connectivity index (χ3n) is 3.66. The van der Waals surface area contributed by atoms with Crippen LogP contribution in [0.2, 0.25) is 0 Å². The molecule has 1 aliphatic rings. The Kier molecular flexibility index (Phi) is 2.82. The molecule has 0 saturated heterocycles. The fourth-order valence-electron chi connectivity index (χ4n) is 2.71. The van der Waals surface area contributed by atoms with Crippen LogP contribution in [0.1, 0.15) is 11.1 Å². The van der Waals surface area contributed by atoms with Gasteiger partial charge in [-0.15, -0.1) is 0 Å². The Balaban J connectivity index is 1.71. The first kappa shape index (κ1) is 12.6. The van der Waals surface area contributed by atoms with Crippen LogP contribution in [0, 0.1) is 5.82 Å². The van der Waals surface area contributed by atoms with Crippen molar-refractivity contribution in [1.29, 1.82) is 0 Å². The fourth-order valence-corrected chi connectivity index (χ4v) is 3.12. The summed E-state index contributed by atoms with van der Waals surface area (Å²) in [5.74, 6) is 0.488. The minimum absolute atomic E-state index is 0.264. The quantitative estimate of drug-likeness (QED) is 0.557. The number of hydrogen-bond acceptors (Lipinski definition) is 2. The molecule has 104 valence electrons. The van der Waals surface area contributed by atoms with Crippen LogP contribution in [0.5, 0.6) is 0 Å². The highest BCUT2D eigenvalue weighted by molar-refractivity contribution is 9.10. The number of hydrogen-bond donors (Lipinski definition) is 2. The normalized spacial score (nSPS) is 12.1. The summed E-state index contributed by atoms with van der Waals surface area (Å²) < 4.78 is 14.3. The van der Waals surface area contributed by atoms with E-state index in [2.05, 4.69) is 43.6 Å². The summed E-state index contributed by atoms with van der Waals surface area (Å²) in [6.07, 6.45) is 0.818. The van der Waals surface area contributed by atoms with E-state index in [0.29, 0.717) is 5.69 Å². The van der Waals surface area contributed by atoms with Gasteiger partial charge in [0.15, 0.2) is 5.82 Å². The number of H-pyrrole nitrogens is 1. The number of nitrogens with one attached hydrogen (secondary N) is 2. The summed E-state index contributed by atoms with van der Waals surface area (Å²) in [5.41, 5.74) is 5.29. The second-order valence-corrected chi connectivity index (χ2v) is 5.96. The Morgan fingerprint density at radius 1 is 1.19 bits per heavy atom. The molecular formula is C16H11BrFN3. The average molecular weight is 344 g/mol. The summed E-state index contributed by atoms with van der Waals surface area (Å²) >= 11 is 3.50. The molecule has 5 heteroatoms. The lowest BCUT2D eigenvalue weighted by atomic mass is 10.1. The Labute approximate surface area is 129 Å². The largest absolute Gasteiger partial charge is 0.338 e. The second-order valence-electron chi connectivity index (χ2n) is 5.04. The van der Waals surface area contributed by atoms with Gasteiger partial charge in [-0.3, -0.25) is 5.10 Å². The van der Waals surface area contributed by atoms with Gasteiger partial charge in [0.1, 0.15) is 5.82 Å². The van der Waals surface area contributed by atoms with Gasteiger partial charge in [-0.05, 0) is 35.9 Å². The van der Waals surface area contributed by atoms with Crippen LogP contribution in [0.4, 0.5) is 15.9 Å². The SMILES string of the molecule is Fc1cccc(Nc2n[nH]c3c2Cc2cc(Br)ccc2-3)c1. The smallest absolute Gasteiger partial charge is 0.156 e. The van der Waals surface area contributed by atoms with Crippen molar-refractivity contribution < 1.29 is 4.39 Å². The maximum Gasteiger partial charge on any atom is 0.156 e. The van der Waals surface area contributed by atoms with Crippen molar-refractivity contribution in [1.82, 2.24) is 10.2 Å². The fraction of sp³-hybridized carbons (Fsp3) is 0.0625. The molecule has 2 N–H and O–H groups in total. The third kappa shape index (κ3) is 2.14. The molecule has 0 aliphatic heterocycles. The molecule has 0 spiro atoms. The van der Waals surface area contributed by atoms with Crippen LogP contribution >= 0.6 is 15.9 Å². The minimum atomic E-state index is -0.264. The number of halogens is 2. The van der Waals surface area contributed by atoms with Gasteiger partial charge in [-0.2, -0.15) is 5.10 Å². The Hall–Kier alpha value is -2.14. The highest BCUT2D eigenvalue weighted by atomic mass is 79.9. The van der Waals surface area contributed by atoms with Gasteiger partial charge in [-0.25, -0.2) is 4.39 Å².